The quantitative estimate of drug-likeness (QED) is 0.624. The zero-order valence-corrected chi connectivity index (χ0v) is 14.1. The third kappa shape index (κ3) is 2.83. The summed E-state index contributed by atoms with van der Waals surface area (Å²) >= 11 is 2.57. The molecule has 0 aromatic carbocycles. The first-order chi connectivity index (χ1) is 10.2. The number of ketones is 1. The second-order valence-electron chi connectivity index (χ2n) is 4.68. The summed E-state index contributed by atoms with van der Waals surface area (Å²) in [6.45, 7) is 3.47. The Morgan fingerprint density at radius 3 is 2.45 bits per heavy atom. The lowest BCUT2D eigenvalue weighted by molar-refractivity contribution is 0.0992. The van der Waals surface area contributed by atoms with Crippen molar-refractivity contribution in [1.29, 1.82) is 0 Å². The number of Topliss-reactive ketones (excluding diaryl/α,β-unsaturated/α-hetero) is 1. The Bertz CT molecular complexity index is 851. The van der Waals surface area contributed by atoms with Crippen molar-refractivity contribution in [2.45, 2.75) is 23.4 Å². The van der Waals surface area contributed by atoms with E-state index in [0.717, 1.165) is 14.1 Å². The molecule has 0 fully saturated rings. The predicted molar refractivity (Wildman–Crippen MR) is 85.6 cm³/mol. The van der Waals surface area contributed by atoms with Crippen LogP contribution < -0.4 is 17.0 Å². The van der Waals surface area contributed by atoms with E-state index in [2.05, 4.69) is 10.2 Å². The monoisotopic (exact) mass is 341 g/mol. The molecule has 1 unspecified atom stereocenters. The predicted octanol–water partition coefficient (Wildman–Crippen LogP) is 0.190. The molecule has 118 valence electrons. The summed E-state index contributed by atoms with van der Waals surface area (Å²) in [4.78, 5) is 36.5. The molecule has 0 aliphatic rings. The number of nitrogens with zero attached hydrogens (tertiary/aromatic N) is 4. The lowest BCUT2D eigenvalue weighted by atomic mass is 10.1. The average molecular weight is 341 g/mol. The van der Waals surface area contributed by atoms with E-state index >= 15 is 0 Å². The summed E-state index contributed by atoms with van der Waals surface area (Å²) < 4.78 is 2.59. The van der Waals surface area contributed by atoms with Crippen molar-refractivity contribution in [2.75, 3.05) is 5.73 Å². The normalized spacial score (nSPS) is 12.4. The third-order valence-corrected chi connectivity index (χ3v) is 5.13. The molecule has 0 bridgehead atoms. The van der Waals surface area contributed by atoms with E-state index in [1.54, 1.807) is 6.92 Å². The molecule has 2 rings (SSSR count). The SMILES string of the molecule is Cc1nnc(SC(C)C(=O)c2c(N)n(C)c(=O)n(C)c2=O)s1. The molecule has 2 aromatic rings. The second kappa shape index (κ2) is 6.05. The van der Waals surface area contributed by atoms with Crippen LogP contribution in [0.5, 0.6) is 0 Å². The van der Waals surface area contributed by atoms with Gasteiger partial charge in [-0.3, -0.25) is 18.7 Å². The van der Waals surface area contributed by atoms with Crippen LogP contribution in [0.2, 0.25) is 0 Å². The number of hydrogen-bond acceptors (Lipinski definition) is 8. The van der Waals surface area contributed by atoms with Crippen LogP contribution in [0.25, 0.3) is 0 Å². The Labute approximate surface area is 134 Å². The standard InChI is InChI=1S/C12H15N5O3S2/c1-5(21-11-15-14-6(2)22-11)8(18)7-9(13)16(3)12(20)17(4)10(7)19/h5H,13H2,1-4H3. The van der Waals surface area contributed by atoms with Gasteiger partial charge in [0, 0.05) is 14.1 Å². The molecule has 1 atom stereocenters. The highest BCUT2D eigenvalue weighted by atomic mass is 32.2. The number of thioether (sulfide) groups is 1. The molecule has 2 heterocycles. The highest BCUT2D eigenvalue weighted by Crippen LogP contribution is 2.28. The Morgan fingerprint density at radius 1 is 1.27 bits per heavy atom. The van der Waals surface area contributed by atoms with E-state index < -0.39 is 22.3 Å². The third-order valence-electron chi connectivity index (χ3n) is 3.11. The first kappa shape index (κ1) is 16.4. The molecule has 8 nitrogen and oxygen atoms in total. The van der Waals surface area contributed by atoms with Gasteiger partial charge in [-0.15, -0.1) is 10.2 Å². The minimum Gasteiger partial charge on any atom is -0.384 e. The number of carbonyl (C=O) groups is 1. The summed E-state index contributed by atoms with van der Waals surface area (Å²) in [5.74, 6) is -0.564. The van der Waals surface area contributed by atoms with Gasteiger partial charge in [-0.1, -0.05) is 23.1 Å². The summed E-state index contributed by atoms with van der Waals surface area (Å²) in [7, 11) is 2.73. The van der Waals surface area contributed by atoms with Gasteiger partial charge in [0.1, 0.15) is 16.4 Å². The number of nitrogen functional groups attached to an aromatic ring is 1. The Hall–Kier alpha value is -1.94. The van der Waals surface area contributed by atoms with E-state index in [1.807, 2.05) is 6.92 Å². The fraction of sp³-hybridized carbons (Fsp3) is 0.417. The Balaban J connectivity index is 2.41. The van der Waals surface area contributed by atoms with Gasteiger partial charge in [0.25, 0.3) is 5.56 Å². The van der Waals surface area contributed by atoms with Crippen molar-refractivity contribution in [1.82, 2.24) is 19.3 Å². The van der Waals surface area contributed by atoms with Crippen LogP contribution in [0, 0.1) is 6.92 Å². The number of aryl methyl sites for hydroxylation is 1. The lowest BCUT2D eigenvalue weighted by Crippen LogP contribution is -2.42. The molecule has 0 aliphatic heterocycles. The maximum atomic E-state index is 12.5. The highest BCUT2D eigenvalue weighted by Gasteiger charge is 2.26. The van der Waals surface area contributed by atoms with Gasteiger partial charge in [0.2, 0.25) is 0 Å². The van der Waals surface area contributed by atoms with Crippen LogP contribution >= 0.6 is 23.1 Å². The number of nitrogens with two attached hydrogens (primary N) is 1. The second-order valence-corrected chi connectivity index (χ2v) is 7.45. The minimum absolute atomic E-state index is 0.126. The molecule has 0 saturated heterocycles. The molecule has 0 aliphatic carbocycles. The number of anilines is 1. The van der Waals surface area contributed by atoms with E-state index in [-0.39, 0.29) is 11.4 Å². The molecule has 0 saturated carbocycles. The summed E-state index contributed by atoms with van der Waals surface area (Å²) in [5, 5.41) is 8.03. The van der Waals surface area contributed by atoms with Gasteiger partial charge in [-0.2, -0.15) is 0 Å². The fourth-order valence-corrected chi connectivity index (χ4v) is 3.84. The first-order valence-corrected chi connectivity index (χ1v) is 8.00. The Kier molecular flexibility index (Phi) is 4.52. The van der Waals surface area contributed by atoms with E-state index in [1.165, 1.54) is 37.2 Å². The van der Waals surface area contributed by atoms with Crippen molar-refractivity contribution in [2.24, 2.45) is 14.1 Å². The van der Waals surface area contributed by atoms with E-state index in [4.69, 9.17) is 5.73 Å². The highest BCUT2D eigenvalue weighted by molar-refractivity contribution is 8.02. The molecule has 2 N–H and O–H groups in total. The smallest absolute Gasteiger partial charge is 0.332 e. The summed E-state index contributed by atoms with van der Waals surface area (Å²) in [6.07, 6.45) is 0. The van der Waals surface area contributed by atoms with Gasteiger partial charge in [-0.05, 0) is 13.8 Å². The summed E-state index contributed by atoms with van der Waals surface area (Å²) in [5.41, 5.74) is 4.35. The molecular weight excluding hydrogens is 326 g/mol. The maximum absolute atomic E-state index is 12.5. The molecule has 0 amide bonds. The molecular formula is C12H15N5O3S2. The van der Waals surface area contributed by atoms with Crippen LogP contribution in [-0.2, 0) is 14.1 Å². The fourth-order valence-electron chi connectivity index (χ4n) is 1.83. The topological polar surface area (TPSA) is 113 Å². The van der Waals surface area contributed by atoms with E-state index in [9.17, 15) is 14.4 Å². The van der Waals surface area contributed by atoms with Crippen molar-refractivity contribution in [3.8, 4) is 0 Å². The Morgan fingerprint density at radius 2 is 1.91 bits per heavy atom. The van der Waals surface area contributed by atoms with Crippen LogP contribution in [0.3, 0.4) is 0 Å². The van der Waals surface area contributed by atoms with Crippen molar-refractivity contribution < 1.29 is 4.79 Å². The largest absolute Gasteiger partial charge is 0.384 e. The van der Waals surface area contributed by atoms with Gasteiger partial charge in [-0.25, -0.2) is 4.79 Å². The van der Waals surface area contributed by atoms with Crippen LogP contribution in [0.4, 0.5) is 5.82 Å². The van der Waals surface area contributed by atoms with Gasteiger partial charge < -0.3 is 5.73 Å². The molecule has 0 radical (unpaired) electrons. The molecule has 10 heteroatoms. The van der Waals surface area contributed by atoms with Gasteiger partial charge in [0.05, 0.1) is 5.25 Å². The van der Waals surface area contributed by atoms with Gasteiger partial charge >= 0.3 is 5.69 Å². The molecule has 2 aromatic heterocycles. The molecule has 22 heavy (non-hydrogen) atoms. The van der Waals surface area contributed by atoms with Gasteiger partial charge in [0.15, 0.2) is 10.1 Å². The number of rotatable bonds is 4. The zero-order chi connectivity index (χ0) is 16.6. The summed E-state index contributed by atoms with van der Waals surface area (Å²) in [6, 6.07) is 0. The van der Waals surface area contributed by atoms with Crippen molar-refractivity contribution in [3.05, 3.63) is 31.4 Å². The van der Waals surface area contributed by atoms with E-state index in [0.29, 0.717) is 4.34 Å². The van der Waals surface area contributed by atoms with Crippen LogP contribution in [-0.4, -0.2) is 30.4 Å². The lowest BCUT2D eigenvalue weighted by Gasteiger charge is -2.13. The number of hydrogen-bond donors (Lipinski definition) is 1. The zero-order valence-electron chi connectivity index (χ0n) is 12.5. The van der Waals surface area contributed by atoms with Crippen molar-refractivity contribution in [3.63, 3.8) is 0 Å². The molecule has 0 spiro atoms. The average Bonchev–Trinajstić information content (AvgIpc) is 2.88. The maximum Gasteiger partial charge on any atom is 0.332 e. The number of carbonyl (C=O) groups excluding carboxylic acids is 1. The van der Waals surface area contributed by atoms with Crippen molar-refractivity contribution >= 4 is 34.7 Å². The van der Waals surface area contributed by atoms with Crippen LogP contribution in [0.1, 0.15) is 22.3 Å². The van der Waals surface area contributed by atoms with Crippen LogP contribution in [0.15, 0.2) is 13.9 Å². The number of aromatic nitrogens is 4. The first-order valence-electron chi connectivity index (χ1n) is 6.30. The minimum atomic E-state index is -0.688.